The van der Waals surface area contributed by atoms with E-state index in [1.807, 2.05) is 51.1 Å². The van der Waals surface area contributed by atoms with Crippen molar-refractivity contribution >= 4 is 50.8 Å². The van der Waals surface area contributed by atoms with Gasteiger partial charge in [0.1, 0.15) is 16.8 Å². The van der Waals surface area contributed by atoms with Crippen LogP contribution in [0.2, 0.25) is 0 Å². The van der Waals surface area contributed by atoms with Crippen LogP contribution < -0.4 is 15.4 Å². The lowest BCUT2D eigenvalue weighted by Gasteiger charge is -2.27. The van der Waals surface area contributed by atoms with Gasteiger partial charge in [-0.2, -0.15) is 0 Å². The quantitative estimate of drug-likeness (QED) is 0.117. The Labute approximate surface area is 305 Å². The van der Waals surface area contributed by atoms with Gasteiger partial charge >= 0.3 is 6.09 Å². The number of aromatic nitrogens is 1. The molecule has 2 aromatic heterocycles. The zero-order valence-electron chi connectivity index (χ0n) is 29.5. The Morgan fingerprint density at radius 3 is 2.33 bits per heavy atom. The SMILES string of the molecule is COCCN(CCc1cccc(-c2cc3nccc(Oc4ccc(NC(=O)C5(C(=O)Nc6ccccc6)CC5)cc4F)c3s2)c1)C(=O)OC(C)(C)C. The number of carbonyl (C=O) groups excluding carboxylic acids is 3. The Balaban J connectivity index is 1.12. The maximum atomic E-state index is 15.4. The normalized spacial score (nSPS) is 13.3. The zero-order chi connectivity index (χ0) is 36.9. The number of amides is 3. The van der Waals surface area contributed by atoms with Gasteiger partial charge in [-0.15, -0.1) is 11.3 Å². The molecule has 3 amide bonds. The van der Waals surface area contributed by atoms with Gasteiger partial charge in [-0.25, -0.2) is 9.18 Å². The maximum absolute atomic E-state index is 15.4. The first-order valence-corrected chi connectivity index (χ1v) is 17.9. The third-order valence-corrected chi connectivity index (χ3v) is 9.72. The van der Waals surface area contributed by atoms with Gasteiger partial charge < -0.3 is 29.7 Å². The van der Waals surface area contributed by atoms with Crippen LogP contribution in [0.1, 0.15) is 39.2 Å². The highest BCUT2D eigenvalue weighted by molar-refractivity contribution is 7.22. The number of benzene rings is 3. The first-order valence-electron chi connectivity index (χ1n) is 17.0. The molecule has 0 bridgehead atoms. The van der Waals surface area contributed by atoms with E-state index in [9.17, 15) is 14.4 Å². The minimum Gasteiger partial charge on any atom is -0.453 e. The molecule has 0 atom stereocenters. The molecule has 2 heterocycles. The van der Waals surface area contributed by atoms with E-state index >= 15 is 4.39 Å². The van der Waals surface area contributed by atoms with Crippen LogP contribution in [0.25, 0.3) is 20.7 Å². The summed E-state index contributed by atoms with van der Waals surface area (Å²) in [4.78, 5) is 46.0. The molecule has 1 aliphatic carbocycles. The number of nitrogens with zero attached hydrogens (tertiary/aromatic N) is 2. The van der Waals surface area contributed by atoms with Gasteiger partial charge in [0.15, 0.2) is 11.6 Å². The predicted molar refractivity (Wildman–Crippen MR) is 200 cm³/mol. The Morgan fingerprint density at radius 1 is 0.885 bits per heavy atom. The van der Waals surface area contributed by atoms with Gasteiger partial charge in [0, 0.05) is 54.8 Å². The fourth-order valence-corrected chi connectivity index (χ4v) is 6.65. The molecule has 1 saturated carbocycles. The van der Waals surface area contributed by atoms with Crippen LogP contribution in [0.4, 0.5) is 20.6 Å². The Bertz CT molecular complexity index is 2080. The molecule has 0 aliphatic heterocycles. The second kappa shape index (κ2) is 15.5. The van der Waals surface area contributed by atoms with E-state index in [0.29, 0.717) is 55.9 Å². The van der Waals surface area contributed by atoms with Gasteiger partial charge in [0.05, 0.1) is 16.8 Å². The number of thiophene rings is 1. The molecule has 52 heavy (non-hydrogen) atoms. The van der Waals surface area contributed by atoms with Crippen molar-refractivity contribution in [1.29, 1.82) is 0 Å². The van der Waals surface area contributed by atoms with Crippen molar-refractivity contribution in [2.45, 2.75) is 45.6 Å². The number of hydrogen-bond donors (Lipinski definition) is 2. The number of nitrogens with one attached hydrogen (secondary N) is 2. The molecule has 0 spiro atoms. The van der Waals surface area contributed by atoms with Crippen molar-refractivity contribution < 1.29 is 33.0 Å². The van der Waals surface area contributed by atoms with E-state index in [0.717, 1.165) is 20.7 Å². The van der Waals surface area contributed by atoms with Crippen LogP contribution in [-0.2, 0) is 25.5 Å². The molecule has 1 aliphatic rings. The fraction of sp³-hybridized carbons (Fsp3) is 0.300. The van der Waals surface area contributed by atoms with E-state index in [-0.39, 0.29) is 23.4 Å². The number of carbonyl (C=O) groups is 3. The summed E-state index contributed by atoms with van der Waals surface area (Å²) in [5, 5.41) is 5.50. The van der Waals surface area contributed by atoms with E-state index < -0.39 is 22.7 Å². The lowest BCUT2D eigenvalue weighted by atomic mass is 10.0. The van der Waals surface area contributed by atoms with E-state index in [4.69, 9.17) is 14.2 Å². The highest BCUT2D eigenvalue weighted by atomic mass is 32.1. The van der Waals surface area contributed by atoms with Crippen LogP contribution in [0.15, 0.2) is 91.1 Å². The highest BCUT2D eigenvalue weighted by Gasteiger charge is 2.56. The first-order chi connectivity index (χ1) is 24.9. The average Bonchev–Trinajstić information content (AvgIpc) is 3.82. The number of ether oxygens (including phenoxy) is 3. The summed E-state index contributed by atoms with van der Waals surface area (Å²) in [6.07, 6.45) is 2.67. The average molecular weight is 725 g/mol. The van der Waals surface area contributed by atoms with Crippen molar-refractivity contribution in [3.63, 3.8) is 0 Å². The van der Waals surface area contributed by atoms with Crippen molar-refractivity contribution in [3.8, 4) is 21.9 Å². The molecule has 0 saturated heterocycles. The third kappa shape index (κ3) is 8.75. The van der Waals surface area contributed by atoms with E-state index in [2.05, 4.69) is 21.7 Å². The van der Waals surface area contributed by atoms with Crippen molar-refractivity contribution in [2.75, 3.05) is 37.4 Å². The second-order valence-corrected chi connectivity index (χ2v) is 14.7. The smallest absolute Gasteiger partial charge is 0.410 e. The van der Waals surface area contributed by atoms with Gasteiger partial charge in [0.2, 0.25) is 11.8 Å². The summed E-state index contributed by atoms with van der Waals surface area (Å²) in [6, 6.07) is 24.9. The third-order valence-electron chi connectivity index (χ3n) is 8.54. The Morgan fingerprint density at radius 2 is 1.63 bits per heavy atom. The predicted octanol–water partition coefficient (Wildman–Crippen LogP) is 8.68. The Kier molecular flexibility index (Phi) is 10.9. The summed E-state index contributed by atoms with van der Waals surface area (Å²) in [6.45, 7) is 6.81. The minimum absolute atomic E-state index is 0.0200. The molecule has 2 N–H and O–H groups in total. The van der Waals surface area contributed by atoms with Crippen LogP contribution in [0, 0.1) is 11.2 Å². The largest absolute Gasteiger partial charge is 0.453 e. The maximum Gasteiger partial charge on any atom is 0.410 e. The molecule has 6 rings (SSSR count). The standard InChI is InChI=1S/C40H41FN4O6S/c1-39(2,3)51-38(48)45(21-22-49-4)20-16-26-9-8-10-27(23-26)34-25-31-35(52-34)33(15-19-42-31)50-32-14-13-29(24-30(32)41)44-37(47)40(17-18-40)36(46)43-28-11-6-5-7-12-28/h5-15,19,23-25H,16-18,20-22H2,1-4H3,(H,43,46)(H,44,47). The van der Waals surface area contributed by atoms with E-state index in [1.54, 1.807) is 54.6 Å². The molecule has 0 radical (unpaired) electrons. The lowest BCUT2D eigenvalue weighted by molar-refractivity contribution is -0.131. The van der Waals surface area contributed by atoms with Crippen molar-refractivity contribution in [1.82, 2.24) is 9.88 Å². The molecule has 12 heteroatoms. The van der Waals surface area contributed by atoms with Crippen LogP contribution >= 0.6 is 11.3 Å². The topological polar surface area (TPSA) is 119 Å². The number of methoxy groups -OCH3 is 1. The molecule has 3 aromatic carbocycles. The first kappa shape index (κ1) is 36.5. The summed E-state index contributed by atoms with van der Waals surface area (Å²) in [7, 11) is 1.60. The lowest BCUT2D eigenvalue weighted by Crippen LogP contribution is -2.39. The summed E-state index contributed by atoms with van der Waals surface area (Å²) < 4.78 is 33.0. The van der Waals surface area contributed by atoms with E-state index in [1.165, 1.54) is 23.5 Å². The monoisotopic (exact) mass is 724 g/mol. The molecule has 1 fully saturated rings. The van der Waals surface area contributed by atoms with Crippen LogP contribution in [-0.4, -0.2) is 60.2 Å². The fourth-order valence-electron chi connectivity index (χ4n) is 5.59. The molecule has 0 unspecified atom stereocenters. The van der Waals surface area contributed by atoms with Crippen LogP contribution in [0.5, 0.6) is 11.5 Å². The summed E-state index contributed by atoms with van der Waals surface area (Å²) in [5.41, 5.74) is 1.76. The molecule has 270 valence electrons. The minimum atomic E-state index is -1.19. The number of halogens is 1. The Hall–Kier alpha value is -5.33. The van der Waals surface area contributed by atoms with Gasteiger partial charge in [-0.1, -0.05) is 42.5 Å². The molecule has 10 nitrogen and oxygen atoms in total. The number of anilines is 2. The summed E-state index contributed by atoms with van der Waals surface area (Å²) >= 11 is 1.48. The second-order valence-electron chi connectivity index (χ2n) is 13.6. The number of hydrogen-bond acceptors (Lipinski definition) is 8. The molecular formula is C40H41FN4O6S. The molecular weight excluding hydrogens is 684 g/mol. The number of fused-ring (bicyclic) bond motifs is 1. The van der Waals surface area contributed by atoms with Crippen molar-refractivity contribution in [2.24, 2.45) is 5.41 Å². The van der Waals surface area contributed by atoms with Gasteiger partial charge in [-0.05, 0) is 81.5 Å². The van der Waals surface area contributed by atoms with Gasteiger partial charge in [-0.3, -0.25) is 14.6 Å². The summed E-state index contributed by atoms with van der Waals surface area (Å²) in [5.74, 6) is -1.12. The number of pyridine rings is 1. The van der Waals surface area contributed by atoms with Crippen LogP contribution in [0.3, 0.4) is 0 Å². The number of rotatable bonds is 13. The van der Waals surface area contributed by atoms with Gasteiger partial charge in [0.25, 0.3) is 0 Å². The number of para-hydroxylation sites is 1. The zero-order valence-corrected chi connectivity index (χ0v) is 30.3. The molecule has 5 aromatic rings. The highest BCUT2D eigenvalue weighted by Crippen LogP contribution is 2.48. The van der Waals surface area contributed by atoms with Crippen molar-refractivity contribution in [3.05, 3.63) is 103 Å².